The molecule has 0 atom stereocenters. The third kappa shape index (κ3) is 2.56. The Balaban J connectivity index is 2.11. The number of aromatic nitrogens is 1. The molecular weight excluding hydrogens is 198 g/mol. The van der Waals surface area contributed by atoms with Crippen LogP contribution in [0.1, 0.15) is 18.4 Å². The number of pyridine rings is 1. The fourth-order valence-corrected chi connectivity index (χ4v) is 1.60. The minimum Gasteiger partial charge on any atom is -0.381 e. The van der Waals surface area contributed by atoms with Gasteiger partial charge in [0.1, 0.15) is 5.15 Å². The Bertz CT molecular complexity index is 324. The lowest BCUT2D eigenvalue weighted by atomic mass is 10.1. The predicted octanol–water partition coefficient (Wildman–Crippen LogP) is 2.93. The molecule has 1 aliphatic rings. The van der Waals surface area contributed by atoms with Crippen LogP contribution in [0.3, 0.4) is 0 Å². The first-order valence-electron chi connectivity index (χ1n) is 4.73. The van der Waals surface area contributed by atoms with Crippen LogP contribution >= 0.6 is 11.6 Å². The van der Waals surface area contributed by atoms with Crippen molar-refractivity contribution in [2.45, 2.75) is 12.8 Å². The molecule has 1 aliphatic heterocycles. The molecular formula is C11H12ClNO. The van der Waals surface area contributed by atoms with E-state index in [0.717, 1.165) is 31.6 Å². The molecule has 14 heavy (non-hydrogen) atoms. The molecule has 0 spiro atoms. The Labute approximate surface area is 88.6 Å². The highest BCUT2D eigenvalue weighted by atomic mass is 35.5. The summed E-state index contributed by atoms with van der Waals surface area (Å²) in [4.78, 5) is 4.03. The van der Waals surface area contributed by atoms with Gasteiger partial charge >= 0.3 is 0 Å². The van der Waals surface area contributed by atoms with Gasteiger partial charge in [0.15, 0.2) is 0 Å². The number of hydrogen-bond acceptors (Lipinski definition) is 2. The number of rotatable bonds is 1. The second-order valence-electron chi connectivity index (χ2n) is 3.33. The lowest BCUT2D eigenvalue weighted by Crippen LogP contribution is -2.06. The molecule has 2 nitrogen and oxygen atoms in total. The molecule has 0 amide bonds. The molecule has 74 valence electrons. The number of hydrogen-bond donors (Lipinski definition) is 0. The topological polar surface area (TPSA) is 22.1 Å². The largest absolute Gasteiger partial charge is 0.381 e. The highest BCUT2D eigenvalue weighted by Gasteiger charge is 2.04. The standard InChI is InChI=1S/C11H12ClNO/c12-11-2-1-10(8-13-11)7-9-3-5-14-6-4-9/h1-2,7-8H,3-6H2. The molecule has 0 radical (unpaired) electrons. The van der Waals surface area contributed by atoms with Crippen molar-refractivity contribution in [1.29, 1.82) is 0 Å². The predicted molar refractivity (Wildman–Crippen MR) is 57.3 cm³/mol. The van der Waals surface area contributed by atoms with E-state index in [2.05, 4.69) is 11.1 Å². The molecule has 2 heterocycles. The van der Waals surface area contributed by atoms with Gasteiger partial charge in [0.25, 0.3) is 0 Å². The molecule has 0 aromatic carbocycles. The Morgan fingerprint density at radius 3 is 2.71 bits per heavy atom. The van der Waals surface area contributed by atoms with Crippen molar-refractivity contribution in [1.82, 2.24) is 4.98 Å². The smallest absolute Gasteiger partial charge is 0.129 e. The van der Waals surface area contributed by atoms with E-state index in [1.54, 1.807) is 6.20 Å². The van der Waals surface area contributed by atoms with Crippen LogP contribution in [0.25, 0.3) is 6.08 Å². The zero-order valence-corrected chi connectivity index (χ0v) is 8.63. The summed E-state index contributed by atoms with van der Waals surface area (Å²) in [6.07, 6.45) is 6.03. The Kier molecular flexibility index (Phi) is 3.17. The maximum atomic E-state index is 5.70. The van der Waals surface area contributed by atoms with Crippen molar-refractivity contribution in [2.24, 2.45) is 0 Å². The molecule has 0 saturated carbocycles. The Hall–Kier alpha value is -0.860. The number of nitrogens with zero attached hydrogens (tertiary/aromatic N) is 1. The van der Waals surface area contributed by atoms with Gasteiger partial charge in [-0.3, -0.25) is 0 Å². The van der Waals surface area contributed by atoms with Gasteiger partial charge in [-0.2, -0.15) is 0 Å². The van der Waals surface area contributed by atoms with Crippen LogP contribution < -0.4 is 0 Å². The number of ether oxygens (including phenoxy) is 1. The van der Waals surface area contributed by atoms with Crippen molar-refractivity contribution in [3.8, 4) is 0 Å². The average Bonchev–Trinajstić information content (AvgIpc) is 2.23. The van der Waals surface area contributed by atoms with Crippen LogP contribution in [-0.2, 0) is 4.74 Å². The van der Waals surface area contributed by atoms with Gasteiger partial charge in [0, 0.05) is 6.20 Å². The van der Waals surface area contributed by atoms with Gasteiger partial charge in [0.2, 0.25) is 0 Å². The van der Waals surface area contributed by atoms with E-state index in [4.69, 9.17) is 16.3 Å². The molecule has 0 N–H and O–H groups in total. The van der Waals surface area contributed by atoms with Crippen molar-refractivity contribution in [3.05, 3.63) is 34.6 Å². The summed E-state index contributed by atoms with van der Waals surface area (Å²) in [6, 6.07) is 3.80. The van der Waals surface area contributed by atoms with Gasteiger partial charge in [-0.05, 0) is 24.5 Å². The average molecular weight is 210 g/mol. The quantitative estimate of drug-likeness (QED) is 0.664. The zero-order chi connectivity index (χ0) is 9.80. The molecule has 0 aliphatic carbocycles. The van der Waals surface area contributed by atoms with E-state index in [9.17, 15) is 0 Å². The second-order valence-corrected chi connectivity index (χ2v) is 3.72. The van der Waals surface area contributed by atoms with Gasteiger partial charge < -0.3 is 4.74 Å². The molecule has 0 unspecified atom stereocenters. The summed E-state index contributed by atoms with van der Waals surface area (Å²) in [6.45, 7) is 1.68. The summed E-state index contributed by atoms with van der Waals surface area (Å²) in [7, 11) is 0. The van der Waals surface area contributed by atoms with Crippen LogP contribution in [0.5, 0.6) is 0 Å². The van der Waals surface area contributed by atoms with Crippen LogP contribution in [0.2, 0.25) is 5.15 Å². The molecule has 1 saturated heterocycles. The maximum Gasteiger partial charge on any atom is 0.129 e. The fraction of sp³-hybridized carbons (Fsp3) is 0.364. The van der Waals surface area contributed by atoms with Gasteiger partial charge in [0.05, 0.1) is 13.2 Å². The van der Waals surface area contributed by atoms with Gasteiger partial charge in [-0.1, -0.05) is 29.3 Å². The summed E-state index contributed by atoms with van der Waals surface area (Å²) >= 11 is 5.70. The SMILES string of the molecule is Clc1ccc(C=C2CCOCC2)cn1. The molecule has 1 aromatic rings. The third-order valence-corrected chi connectivity index (χ3v) is 2.48. The van der Waals surface area contributed by atoms with E-state index in [-0.39, 0.29) is 0 Å². The summed E-state index contributed by atoms with van der Waals surface area (Å²) in [5, 5.41) is 0.541. The minimum atomic E-state index is 0.541. The van der Waals surface area contributed by atoms with Crippen LogP contribution in [0.15, 0.2) is 23.9 Å². The molecule has 0 bridgehead atoms. The van der Waals surface area contributed by atoms with E-state index >= 15 is 0 Å². The van der Waals surface area contributed by atoms with Crippen LogP contribution in [-0.4, -0.2) is 18.2 Å². The first-order valence-corrected chi connectivity index (χ1v) is 5.11. The highest BCUT2D eigenvalue weighted by Crippen LogP contribution is 2.17. The van der Waals surface area contributed by atoms with Crippen molar-refractivity contribution >= 4 is 17.7 Å². The third-order valence-electron chi connectivity index (χ3n) is 2.26. The first-order chi connectivity index (χ1) is 6.84. The summed E-state index contributed by atoms with van der Waals surface area (Å²) in [5.74, 6) is 0. The maximum absolute atomic E-state index is 5.70. The minimum absolute atomic E-state index is 0.541. The normalized spacial score (nSPS) is 16.8. The van der Waals surface area contributed by atoms with Crippen molar-refractivity contribution in [2.75, 3.05) is 13.2 Å². The lowest BCUT2D eigenvalue weighted by molar-refractivity contribution is 0.119. The second kappa shape index (κ2) is 4.58. The number of halogens is 1. The highest BCUT2D eigenvalue weighted by molar-refractivity contribution is 6.29. The Morgan fingerprint density at radius 1 is 1.29 bits per heavy atom. The molecule has 2 rings (SSSR count). The summed E-state index contributed by atoms with van der Waals surface area (Å²) < 4.78 is 5.28. The van der Waals surface area contributed by atoms with Gasteiger partial charge in [-0.25, -0.2) is 4.98 Å². The van der Waals surface area contributed by atoms with Gasteiger partial charge in [-0.15, -0.1) is 0 Å². The lowest BCUT2D eigenvalue weighted by Gasteiger charge is -2.14. The monoisotopic (exact) mass is 209 g/mol. The zero-order valence-electron chi connectivity index (χ0n) is 7.87. The molecule has 3 heteroatoms. The Morgan fingerprint density at radius 2 is 2.07 bits per heavy atom. The summed E-state index contributed by atoms with van der Waals surface area (Å²) in [5.41, 5.74) is 2.55. The van der Waals surface area contributed by atoms with Crippen molar-refractivity contribution < 1.29 is 4.74 Å². The van der Waals surface area contributed by atoms with E-state index in [1.807, 2.05) is 12.1 Å². The van der Waals surface area contributed by atoms with E-state index in [0.29, 0.717) is 5.15 Å². The van der Waals surface area contributed by atoms with E-state index in [1.165, 1.54) is 5.57 Å². The van der Waals surface area contributed by atoms with Crippen molar-refractivity contribution in [3.63, 3.8) is 0 Å². The molecule has 1 fully saturated rings. The first kappa shape index (κ1) is 9.69. The van der Waals surface area contributed by atoms with Crippen LogP contribution in [0, 0.1) is 0 Å². The van der Waals surface area contributed by atoms with Crippen LogP contribution in [0.4, 0.5) is 0 Å². The molecule has 1 aromatic heterocycles. The fourth-order valence-electron chi connectivity index (χ4n) is 1.49. The van der Waals surface area contributed by atoms with E-state index < -0.39 is 0 Å².